The Kier molecular flexibility index (Phi) is 5.08. The quantitative estimate of drug-likeness (QED) is 0.691. The monoisotopic (exact) mass is 376 g/mol. The number of carbonyl (C=O) groups is 1. The normalized spacial score (nSPS) is 11.4. The first kappa shape index (κ1) is 18.1. The summed E-state index contributed by atoms with van der Waals surface area (Å²) in [6.45, 7) is 2.12. The van der Waals surface area contributed by atoms with E-state index in [-0.39, 0.29) is 12.5 Å². The summed E-state index contributed by atoms with van der Waals surface area (Å²) < 4.78 is 37.9. The van der Waals surface area contributed by atoms with Gasteiger partial charge in [-0.15, -0.1) is 11.3 Å². The Morgan fingerprint density at radius 1 is 1.12 bits per heavy atom. The van der Waals surface area contributed by atoms with Crippen LogP contribution in [0.25, 0.3) is 10.6 Å². The first-order valence-corrected chi connectivity index (χ1v) is 8.68. The van der Waals surface area contributed by atoms with Gasteiger partial charge in [0.25, 0.3) is 5.91 Å². The van der Waals surface area contributed by atoms with E-state index in [1.807, 2.05) is 19.1 Å². The average molecular weight is 376 g/mol. The number of amides is 1. The Hall–Kier alpha value is -2.67. The van der Waals surface area contributed by atoms with Gasteiger partial charge in [-0.1, -0.05) is 30.3 Å². The number of alkyl halides is 3. The molecule has 1 N–H and O–H groups in total. The number of hydrogen-bond acceptors (Lipinski definition) is 3. The predicted molar refractivity (Wildman–Crippen MR) is 94.9 cm³/mol. The zero-order chi connectivity index (χ0) is 18.7. The maximum Gasteiger partial charge on any atom is 0.416 e. The number of nitrogens with zero attached hydrogens (tertiary/aromatic N) is 1. The van der Waals surface area contributed by atoms with Crippen molar-refractivity contribution < 1.29 is 18.0 Å². The summed E-state index contributed by atoms with van der Waals surface area (Å²) in [6, 6.07) is 12.2. The Morgan fingerprint density at radius 2 is 1.81 bits per heavy atom. The molecule has 1 amide bonds. The van der Waals surface area contributed by atoms with Crippen molar-refractivity contribution in [2.45, 2.75) is 19.6 Å². The van der Waals surface area contributed by atoms with Gasteiger partial charge in [0, 0.05) is 16.5 Å². The SMILES string of the molecule is Cc1ccccc1C(=O)NCc1csc(-c2ccc(C(F)(F)F)cc2)n1. The van der Waals surface area contributed by atoms with E-state index >= 15 is 0 Å². The highest BCUT2D eigenvalue weighted by atomic mass is 32.1. The third-order valence-electron chi connectivity index (χ3n) is 3.83. The van der Waals surface area contributed by atoms with Crippen LogP contribution in [0.3, 0.4) is 0 Å². The number of benzene rings is 2. The summed E-state index contributed by atoms with van der Waals surface area (Å²) in [5, 5.41) is 5.20. The van der Waals surface area contributed by atoms with Crippen molar-refractivity contribution in [1.82, 2.24) is 10.3 Å². The molecule has 3 rings (SSSR count). The minimum Gasteiger partial charge on any atom is -0.346 e. The molecule has 0 saturated carbocycles. The third kappa shape index (κ3) is 4.11. The van der Waals surface area contributed by atoms with Crippen LogP contribution in [-0.2, 0) is 12.7 Å². The number of thiazole rings is 1. The van der Waals surface area contributed by atoms with Gasteiger partial charge in [-0.05, 0) is 30.7 Å². The van der Waals surface area contributed by atoms with Crippen LogP contribution in [0.15, 0.2) is 53.9 Å². The fraction of sp³-hybridized carbons (Fsp3) is 0.158. The van der Waals surface area contributed by atoms with Gasteiger partial charge in [0.15, 0.2) is 0 Å². The zero-order valence-electron chi connectivity index (χ0n) is 13.8. The van der Waals surface area contributed by atoms with Crippen LogP contribution < -0.4 is 5.32 Å². The average Bonchev–Trinajstić information content (AvgIpc) is 3.08. The molecule has 1 aromatic heterocycles. The van der Waals surface area contributed by atoms with E-state index in [1.54, 1.807) is 17.5 Å². The summed E-state index contributed by atoms with van der Waals surface area (Å²) in [5.41, 5.74) is 2.06. The summed E-state index contributed by atoms with van der Waals surface area (Å²) in [4.78, 5) is 16.6. The van der Waals surface area contributed by atoms with Gasteiger partial charge in [0.2, 0.25) is 0 Å². The third-order valence-corrected chi connectivity index (χ3v) is 4.77. The minimum absolute atomic E-state index is 0.188. The van der Waals surface area contributed by atoms with Crippen LogP contribution in [0.1, 0.15) is 27.2 Å². The largest absolute Gasteiger partial charge is 0.416 e. The number of aryl methyl sites for hydroxylation is 1. The molecule has 1 heterocycles. The molecular formula is C19H15F3N2OS. The van der Waals surface area contributed by atoms with Crippen molar-refractivity contribution in [3.05, 3.63) is 76.3 Å². The molecule has 0 aliphatic carbocycles. The van der Waals surface area contributed by atoms with Gasteiger partial charge in [-0.3, -0.25) is 4.79 Å². The molecule has 0 bridgehead atoms. The summed E-state index contributed by atoms with van der Waals surface area (Å²) in [7, 11) is 0. The van der Waals surface area contributed by atoms with E-state index in [2.05, 4.69) is 10.3 Å². The first-order valence-electron chi connectivity index (χ1n) is 7.80. The van der Waals surface area contributed by atoms with Crippen molar-refractivity contribution >= 4 is 17.2 Å². The number of aromatic nitrogens is 1. The zero-order valence-corrected chi connectivity index (χ0v) is 14.6. The molecule has 26 heavy (non-hydrogen) atoms. The second-order valence-electron chi connectivity index (χ2n) is 5.72. The molecule has 2 aromatic carbocycles. The molecule has 0 fully saturated rings. The van der Waals surface area contributed by atoms with Crippen LogP contribution in [-0.4, -0.2) is 10.9 Å². The summed E-state index contributed by atoms with van der Waals surface area (Å²) in [6.07, 6.45) is -4.35. The van der Waals surface area contributed by atoms with Gasteiger partial charge in [0.05, 0.1) is 17.8 Å². The van der Waals surface area contributed by atoms with Crippen molar-refractivity contribution in [2.75, 3.05) is 0 Å². The standard InChI is InChI=1S/C19H15F3N2OS/c1-12-4-2-3-5-16(12)17(25)23-10-15-11-26-18(24-15)13-6-8-14(9-7-13)19(20,21)22/h2-9,11H,10H2,1H3,(H,23,25). The lowest BCUT2D eigenvalue weighted by Gasteiger charge is -2.06. The topological polar surface area (TPSA) is 42.0 Å². The van der Waals surface area contributed by atoms with Gasteiger partial charge in [0.1, 0.15) is 5.01 Å². The molecule has 3 aromatic rings. The Labute approximate surface area is 152 Å². The highest BCUT2D eigenvalue weighted by Crippen LogP contribution is 2.31. The van der Waals surface area contributed by atoms with Crippen LogP contribution in [0.4, 0.5) is 13.2 Å². The van der Waals surface area contributed by atoms with Crippen LogP contribution in [0, 0.1) is 6.92 Å². The predicted octanol–water partition coefficient (Wildman–Crippen LogP) is 5.07. The lowest BCUT2D eigenvalue weighted by atomic mass is 10.1. The van der Waals surface area contributed by atoms with E-state index in [1.165, 1.54) is 23.5 Å². The maximum absolute atomic E-state index is 12.6. The van der Waals surface area contributed by atoms with E-state index in [0.29, 0.717) is 21.8 Å². The molecule has 0 saturated heterocycles. The molecule has 3 nitrogen and oxygen atoms in total. The smallest absolute Gasteiger partial charge is 0.346 e. The van der Waals surface area contributed by atoms with Gasteiger partial charge in [-0.25, -0.2) is 4.98 Å². The number of hydrogen-bond donors (Lipinski definition) is 1. The van der Waals surface area contributed by atoms with Gasteiger partial charge < -0.3 is 5.32 Å². The molecule has 134 valence electrons. The second-order valence-corrected chi connectivity index (χ2v) is 6.57. The lowest BCUT2D eigenvalue weighted by Crippen LogP contribution is -2.23. The van der Waals surface area contributed by atoms with Crippen molar-refractivity contribution in [1.29, 1.82) is 0 Å². The molecular weight excluding hydrogens is 361 g/mol. The van der Waals surface area contributed by atoms with Gasteiger partial charge in [-0.2, -0.15) is 13.2 Å². The minimum atomic E-state index is -4.35. The van der Waals surface area contributed by atoms with Crippen LogP contribution in [0.5, 0.6) is 0 Å². The molecule has 0 aliphatic rings. The Morgan fingerprint density at radius 3 is 2.46 bits per heavy atom. The highest BCUT2D eigenvalue weighted by Gasteiger charge is 2.30. The fourth-order valence-electron chi connectivity index (χ4n) is 2.42. The molecule has 0 aliphatic heterocycles. The van der Waals surface area contributed by atoms with Gasteiger partial charge >= 0.3 is 6.18 Å². The summed E-state index contributed by atoms with van der Waals surface area (Å²) >= 11 is 1.32. The molecule has 7 heteroatoms. The van der Waals surface area contributed by atoms with Crippen LogP contribution >= 0.6 is 11.3 Å². The fourth-order valence-corrected chi connectivity index (χ4v) is 3.24. The Bertz CT molecular complexity index is 917. The van der Waals surface area contributed by atoms with Crippen molar-refractivity contribution in [2.24, 2.45) is 0 Å². The lowest BCUT2D eigenvalue weighted by molar-refractivity contribution is -0.137. The van der Waals surface area contributed by atoms with Crippen molar-refractivity contribution in [3.63, 3.8) is 0 Å². The number of carbonyl (C=O) groups excluding carboxylic acids is 1. The van der Waals surface area contributed by atoms with E-state index < -0.39 is 11.7 Å². The van der Waals surface area contributed by atoms with Crippen molar-refractivity contribution in [3.8, 4) is 10.6 Å². The number of halogens is 3. The first-order chi connectivity index (χ1) is 12.3. The van der Waals surface area contributed by atoms with Crippen LogP contribution in [0.2, 0.25) is 0 Å². The summed E-state index contributed by atoms with van der Waals surface area (Å²) in [5.74, 6) is -0.188. The molecule has 0 radical (unpaired) electrons. The number of nitrogens with one attached hydrogen (secondary N) is 1. The second kappa shape index (κ2) is 7.29. The highest BCUT2D eigenvalue weighted by molar-refractivity contribution is 7.13. The maximum atomic E-state index is 12.6. The molecule has 0 spiro atoms. The van der Waals surface area contributed by atoms with E-state index in [9.17, 15) is 18.0 Å². The number of rotatable bonds is 4. The van der Waals surface area contributed by atoms with E-state index in [4.69, 9.17) is 0 Å². The Balaban J connectivity index is 1.67. The van der Waals surface area contributed by atoms with E-state index in [0.717, 1.165) is 17.7 Å². The molecule has 0 atom stereocenters. The molecule has 0 unspecified atom stereocenters.